The number of nitrogens with two attached hydrogens (primary N) is 1. The molecule has 1 aliphatic heterocycles. The minimum Gasteiger partial charge on any atom is -0.368 e. The Hall–Kier alpha value is -1.26. The minimum absolute atomic E-state index is 0.0242. The van der Waals surface area contributed by atoms with Crippen LogP contribution in [0.3, 0.4) is 0 Å². The van der Waals surface area contributed by atoms with E-state index >= 15 is 0 Å². The molecule has 0 saturated carbocycles. The molecule has 1 aromatic rings. The van der Waals surface area contributed by atoms with Crippen LogP contribution in [0.1, 0.15) is 12.0 Å². The first-order valence-corrected chi connectivity index (χ1v) is 6.05. The van der Waals surface area contributed by atoms with Gasteiger partial charge in [0, 0.05) is 31.1 Å². The number of anilines is 2. The quantitative estimate of drug-likeness (QED) is 0.844. The van der Waals surface area contributed by atoms with Gasteiger partial charge in [-0.25, -0.2) is 0 Å². The monoisotopic (exact) mass is 253 g/mol. The van der Waals surface area contributed by atoms with Crippen molar-refractivity contribution in [1.82, 2.24) is 0 Å². The van der Waals surface area contributed by atoms with Gasteiger partial charge in [-0.3, -0.25) is 4.79 Å². The summed E-state index contributed by atoms with van der Waals surface area (Å²) in [6.45, 7) is 3.91. The largest absolute Gasteiger partial charge is 0.368 e. The van der Waals surface area contributed by atoms with Crippen molar-refractivity contribution in [1.29, 1.82) is 0 Å². The highest BCUT2D eigenvalue weighted by Crippen LogP contribution is 2.35. The average Bonchev–Trinajstić information content (AvgIpc) is 2.46. The third-order valence-electron chi connectivity index (χ3n) is 2.99. The van der Waals surface area contributed by atoms with E-state index in [1.165, 1.54) is 0 Å². The molecule has 0 aromatic heterocycles. The molecule has 92 valence electrons. The van der Waals surface area contributed by atoms with E-state index < -0.39 is 0 Å². The third kappa shape index (κ3) is 2.37. The molecule has 3 N–H and O–H groups in total. The summed E-state index contributed by atoms with van der Waals surface area (Å²) >= 11 is 6.08. The van der Waals surface area contributed by atoms with Gasteiger partial charge < -0.3 is 16.0 Å². The molecule has 4 nitrogen and oxygen atoms in total. The number of halogens is 1. The lowest BCUT2D eigenvalue weighted by molar-refractivity contribution is -0.115. The predicted octanol–water partition coefficient (Wildman–Crippen LogP) is 1.76. The summed E-state index contributed by atoms with van der Waals surface area (Å²) in [6, 6.07) is 3.79. The van der Waals surface area contributed by atoms with Gasteiger partial charge in [0.2, 0.25) is 5.91 Å². The molecule has 17 heavy (non-hydrogen) atoms. The summed E-state index contributed by atoms with van der Waals surface area (Å²) < 4.78 is 0. The second-order valence-electron chi connectivity index (χ2n) is 4.14. The number of nitrogens with one attached hydrogen (secondary N) is 1. The molecule has 5 heteroatoms. The molecule has 0 unspecified atom stereocenters. The van der Waals surface area contributed by atoms with Crippen LogP contribution in [-0.4, -0.2) is 25.5 Å². The van der Waals surface area contributed by atoms with E-state index in [-0.39, 0.29) is 5.91 Å². The summed E-state index contributed by atoms with van der Waals surface area (Å²) in [5.41, 5.74) is 8.32. The van der Waals surface area contributed by atoms with Crippen LogP contribution < -0.4 is 16.0 Å². The second kappa shape index (κ2) is 4.94. The molecular weight excluding hydrogens is 238 g/mol. The fraction of sp³-hybridized carbons (Fsp3) is 0.417. The fourth-order valence-corrected chi connectivity index (χ4v) is 2.20. The van der Waals surface area contributed by atoms with Crippen LogP contribution in [0.25, 0.3) is 0 Å². The number of carbonyl (C=O) groups is 1. The van der Waals surface area contributed by atoms with E-state index in [1.807, 2.05) is 19.1 Å². The molecule has 0 atom stereocenters. The fourth-order valence-electron chi connectivity index (χ4n) is 2.04. The second-order valence-corrected chi connectivity index (χ2v) is 4.55. The number of nitrogens with zero attached hydrogens (tertiary/aromatic N) is 1. The van der Waals surface area contributed by atoms with Gasteiger partial charge in [0.15, 0.2) is 0 Å². The van der Waals surface area contributed by atoms with Crippen LogP contribution in [-0.2, 0) is 4.79 Å². The van der Waals surface area contributed by atoms with Gasteiger partial charge in [0.05, 0.1) is 11.4 Å². The number of benzene rings is 1. The maximum Gasteiger partial charge on any atom is 0.226 e. The lowest BCUT2D eigenvalue weighted by Gasteiger charge is -2.24. The number of hydrogen-bond donors (Lipinski definition) is 2. The molecule has 1 aromatic carbocycles. The van der Waals surface area contributed by atoms with Crippen LogP contribution in [0.5, 0.6) is 0 Å². The summed E-state index contributed by atoms with van der Waals surface area (Å²) in [5.74, 6) is 0.0242. The Morgan fingerprint density at radius 2 is 2.29 bits per heavy atom. The van der Waals surface area contributed by atoms with E-state index in [4.69, 9.17) is 17.3 Å². The van der Waals surface area contributed by atoms with E-state index in [0.29, 0.717) is 24.5 Å². The smallest absolute Gasteiger partial charge is 0.226 e. The molecule has 1 heterocycles. The van der Waals surface area contributed by atoms with Crippen molar-refractivity contribution in [3.63, 3.8) is 0 Å². The van der Waals surface area contributed by atoms with Crippen molar-refractivity contribution < 1.29 is 4.79 Å². The van der Waals surface area contributed by atoms with Gasteiger partial charge in [0.1, 0.15) is 0 Å². The van der Waals surface area contributed by atoms with Gasteiger partial charge in [-0.05, 0) is 24.6 Å². The van der Waals surface area contributed by atoms with Crippen molar-refractivity contribution in [3.8, 4) is 0 Å². The summed E-state index contributed by atoms with van der Waals surface area (Å²) in [5, 5.41) is 3.58. The highest BCUT2D eigenvalue weighted by Gasteiger charge is 2.20. The zero-order valence-corrected chi connectivity index (χ0v) is 10.5. The van der Waals surface area contributed by atoms with Crippen molar-refractivity contribution >= 4 is 28.9 Å². The predicted molar refractivity (Wildman–Crippen MR) is 70.7 cm³/mol. The molecule has 0 bridgehead atoms. The van der Waals surface area contributed by atoms with Gasteiger partial charge in [0.25, 0.3) is 0 Å². The molecular formula is C12H16ClN3O. The number of rotatable bonds is 2. The summed E-state index contributed by atoms with van der Waals surface area (Å²) in [6.07, 6.45) is 0.478. The Kier molecular flexibility index (Phi) is 3.54. The first-order valence-electron chi connectivity index (χ1n) is 5.67. The number of fused-ring (bicyclic) bond motifs is 1. The van der Waals surface area contributed by atoms with Crippen LogP contribution in [0, 0.1) is 6.92 Å². The number of amides is 1. The first-order chi connectivity index (χ1) is 8.13. The highest BCUT2D eigenvalue weighted by molar-refractivity contribution is 6.32. The Morgan fingerprint density at radius 3 is 3.00 bits per heavy atom. The Bertz CT molecular complexity index is 448. The van der Waals surface area contributed by atoms with Crippen LogP contribution >= 0.6 is 11.6 Å². The minimum atomic E-state index is 0.0242. The van der Waals surface area contributed by atoms with E-state index in [9.17, 15) is 4.79 Å². The molecule has 2 rings (SSSR count). The van der Waals surface area contributed by atoms with E-state index in [0.717, 1.165) is 23.5 Å². The van der Waals surface area contributed by atoms with Gasteiger partial charge in [-0.2, -0.15) is 0 Å². The molecule has 0 fully saturated rings. The van der Waals surface area contributed by atoms with Crippen molar-refractivity contribution in [2.24, 2.45) is 5.73 Å². The Balaban J connectivity index is 2.48. The lowest BCUT2D eigenvalue weighted by Crippen LogP contribution is -2.30. The van der Waals surface area contributed by atoms with Gasteiger partial charge in [-0.1, -0.05) is 11.6 Å². The highest BCUT2D eigenvalue weighted by atomic mass is 35.5. The SMILES string of the molecule is Cc1c(Cl)ccc2c1NC(=O)CCN2CCN. The molecule has 1 aliphatic rings. The van der Waals surface area contributed by atoms with Gasteiger partial charge >= 0.3 is 0 Å². The summed E-state index contributed by atoms with van der Waals surface area (Å²) in [7, 11) is 0. The van der Waals surface area contributed by atoms with Gasteiger partial charge in [-0.15, -0.1) is 0 Å². The topological polar surface area (TPSA) is 58.4 Å². The molecule has 0 radical (unpaired) electrons. The molecule has 0 spiro atoms. The standard InChI is InChI=1S/C12H16ClN3O/c1-8-9(13)2-3-10-12(8)15-11(17)4-6-16(10)7-5-14/h2-3H,4-7,14H2,1H3,(H,15,17). The normalized spacial score (nSPS) is 15.2. The maximum absolute atomic E-state index is 11.6. The first kappa shape index (κ1) is 12.2. The van der Waals surface area contributed by atoms with Crippen molar-refractivity contribution in [2.45, 2.75) is 13.3 Å². The molecule has 0 saturated heterocycles. The summed E-state index contributed by atoms with van der Waals surface area (Å²) in [4.78, 5) is 13.8. The zero-order chi connectivity index (χ0) is 12.4. The number of hydrogen-bond acceptors (Lipinski definition) is 3. The third-order valence-corrected chi connectivity index (χ3v) is 3.40. The van der Waals surface area contributed by atoms with E-state index in [2.05, 4.69) is 10.2 Å². The maximum atomic E-state index is 11.6. The van der Waals surface area contributed by atoms with E-state index in [1.54, 1.807) is 0 Å². The molecule has 0 aliphatic carbocycles. The van der Waals surface area contributed by atoms with Crippen molar-refractivity contribution in [2.75, 3.05) is 29.9 Å². The zero-order valence-electron chi connectivity index (χ0n) is 9.79. The average molecular weight is 254 g/mol. The Morgan fingerprint density at radius 1 is 1.53 bits per heavy atom. The molecule has 1 amide bonds. The lowest BCUT2D eigenvalue weighted by atomic mass is 10.1. The Labute approximate surface area is 106 Å². The van der Waals surface area contributed by atoms with Crippen LogP contribution in [0.2, 0.25) is 5.02 Å². The van der Waals surface area contributed by atoms with Crippen LogP contribution in [0.4, 0.5) is 11.4 Å². The van der Waals surface area contributed by atoms with Crippen LogP contribution in [0.15, 0.2) is 12.1 Å². The van der Waals surface area contributed by atoms with Crippen molar-refractivity contribution in [3.05, 3.63) is 22.7 Å². The number of carbonyl (C=O) groups excluding carboxylic acids is 1.